The molecule has 4 nitrogen and oxygen atoms in total. The van der Waals surface area contributed by atoms with Crippen LogP contribution in [0.5, 0.6) is 0 Å². The number of methoxy groups -OCH3 is 1. The van der Waals surface area contributed by atoms with Crippen molar-refractivity contribution < 1.29 is 9.47 Å². The van der Waals surface area contributed by atoms with Crippen molar-refractivity contribution in [1.29, 1.82) is 0 Å². The molecule has 0 unspecified atom stereocenters. The lowest BCUT2D eigenvalue weighted by molar-refractivity contribution is -0.00122. The summed E-state index contributed by atoms with van der Waals surface area (Å²) in [4.78, 5) is 8.22. The van der Waals surface area contributed by atoms with Crippen LogP contribution < -0.4 is 0 Å². The molecule has 2 aromatic rings. The first-order chi connectivity index (χ1) is 11.4. The first kappa shape index (κ1) is 16.6. The summed E-state index contributed by atoms with van der Waals surface area (Å²) >= 11 is 1.83. The SMILES string of the molecule is COCCO[C@H]1CCN(Cc2cccs2)[C@H]1Cc1cccnc1. The highest BCUT2D eigenvalue weighted by Gasteiger charge is 2.34. The predicted molar refractivity (Wildman–Crippen MR) is 92.7 cm³/mol. The van der Waals surface area contributed by atoms with Crippen molar-refractivity contribution in [2.75, 3.05) is 26.9 Å². The van der Waals surface area contributed by atoms with E-state index in [1.807, 2.05) is 29.8 Å². The maximum atomic E-state index is 6.09. The van der Waals surface area contributed by atoms with Crippen molar-refractivity contribution in [1.82, 2.24) is 9.88 Å². The number of nitrogens with zero attached hydrogens (tertiary/aromatic N) is 2. The van der Waals surface area contributed by atoms with Gasteiger partial charge in [0, 0.05) is 43.5 Å². The Bertz CT molecular complexity index is 562. The molecule has 1 fully saturated rings. The molecule has 1 saturated heterocycles. The molecular formula is C18H24N2O2S. The number of likely N-dealkylation sites (tertiary alicyclic amines) is 1. The first-order valence-corrected chi connectivity index (χ1v) is 9.00. The lowest BCUT2D eigenvalue weighted by Crippen LogP contribution is -2.38. The van der Waals surface area contributed by atoms with Crippen LogP contribution in [-0.2, 0) is 22.4 Å². The molecule has 2 atom stereocenters. The summed E-state index contributed by atoms with van der Waals surface area (Å²) in [5.41, 5.74) is 1.27. The van der Waals surface area contributed by atoms with Crippen molar-refractivity contribution in [3.63, 3.8) is 0 Å². The molecule has 1 aliphatic heterocycles. The molecule has 0 bridgehead atoms. The minimum Gasteiger partial charge on any atom is -0.382 e. The number of aromatic nitrogens is 1. The smallest absolute Gasteiger partial charge is 0.0746 e. The quantitative estimate of drug-likeness (QED) is 0.696. The van der Waals surface area contributed by atoms with Gasteiger partial charge in [-0.1, -0.05) is 12.1 Å². The Kier molecular flexibility index (Phi) is 6.16. The molecule has 5 heteroatoms. The maximum absolute atomic E-state index is 6.09. The Morgan fingerprint density at radius 3 is 3.00 bits per heavy atom. The van der Waals surface area contributed by atoms with E-state index in [1.165, 1.54) is 10.4 Å². The third-order valence-corrected chi connectivity index (χ3v) is 5.19. The number of thiophene rings is 1. The second-order valence-electron chi connectivity index (χ2n) is 5.87. The Labute approximate surface area is 142 Å². The van der Waals surface area contributed by atoms with Crippen LogP contribution in [0.2, 0.25) is 0 Å². The molecule has 124 valence electrons. The molecule has 0 N–H and O–H groups in total. The van der Waals surface area contributed by atoms with E-state index in [4.69, 9.17) is 9.47 Å². The molecule has 0 amide bonds. The molecule has 0 spiro atoms. The van der Waals surface area contributed by atoms with Gasteiger partial charge in [0.2, 0.25) is 0 Å². The number of hydrogen-bond donors (Lipinski definition) is 0. The summed E-state index contributed by atoms with van der Waals surface area (Å²) in [6, 6.07) is 8.90. The van der Waals surface area contributed by atoms with Crippen LogP contribution in [0.3, 0.4) is 0 Å². The minimum absolute atomic E-state index is 0.269. The van der Waals surface area contributed by atoms with Gasteiger partial charge in [0.15, 0.2) is 0 Å². The summed E-state index contributed by atoms with van der Waals surface area (Å²) in [6.45, 7) is 3.41. The highest BCUT2D eigenvalue weighted by molar-refractivity contribution is 7.09. The van der Waals surface area contributed by atoms with Crippen LogP contribution in [0.4, 0.5) is 0 Å². The first-order valence-electron chi connectivity index (χ1n) is 8.12. The number of rotatable bonds is 8. The zero-order valence-electron chi connectivity index (χ0n) is 13.6. The fourth-order valence-corrected chi connectivity index (χ4v) is 3.91. The molecule has 0 aliphatic carbocycles. The van der Waals surface area contributed by atoms with Crippen molar-refractivity contribution in [3.05, 3.63) is 52.5 Å². The third-order valence-electron chi connectivity index (χ3n) is 4.33. The van der Waals surface area contributed by atoms with E-state index in [2.05, 4.69) is 33.5 Å². The largest absolute Gasteiger partial charge is 0.382 e. The second-order valence-corrected chi connectivity index (χ2v) is 6.91. The van der Waals surface area contributed by atoms with Gasteiger partial charge in [-0.05, 0) is 35.9 Å². The lowest BCUT2D eigenvalue weighted by Gasteiger charge is -2.28. The highest BCUT2D eigenvalue weighted by Crippen LogP contribution is 2.27. The zero-order valence-corrected chi connectivity index (χ0v) is 14.4. The van der Waals surface area contributed by atoms with E-state index in [1.54, 1.807) is 7.11 Å². The fraction of sp³-hybridized carbons (Fsp3) is 0.500. The molecule has 0 saturated carbocycles. The van der Waals surface area contributed by atoms with E-state index >= 15 is 0 Å². The second kappa shape index (κ2) is 8.55. The van der Waals surface area contributed by atoms with E-state index in [0.29, 0.717) is 19.3 Å². The summed E-state index contributed by atoms with van der Waals surface area (Å²) in [5.74, 6) is 0. The Morgan fingerprint density at radius 2 is 2.26 bits per heavy atom. The number of hydrogen-bond acceptors (Lipinski definition) is 5. The van der Waals surface area contributed by atoms with E-state index < -0.39 is 0 Å². The van der Waals surface area contributed by atoms with Crippen LogP contribution in [0.15, 0.2) is 42.0 Å². The average molecular weight is 332 g/mol. The van der Waals surface area contributed by atoms with Gasteiger partial charge in [-0.2, -0.15) is 0 Å². The summed E-state index contributed by atoms with van der Waals surface area (Å²) in [7, 11) is 1.72. The van der Waals surface area contributed by atoms with Gasteiger partial charge in [0.05, 0.1) is 19.3 Å². The van der Waals surface area contributed by atoms with Crippen molar-refractivity contribution in [2.45, 2.75) is 31.5 Å². The minimum atomic E-state index is 0.269. The van der Waals surface area contributed by atoms with Crippen molar-refractivity contribution in [2.24, 2.45) is 0 Å². The Hall–Kier alpha value is -1.27. The van der Waals surface area contributed by atoms with Crippen LogP contribution in [0.1, 0.15) is 16.9 Å². The molecule has 2 aromatic heterocycles. The molecule has 3 heterocycles. The summed E-state index contributed by atoms with van der Waals surface area (Å²) in [5, 5.41) is 2.15. The maximum Gasteiger partial charge on any atom is 0.0746 e. The van der Waals surface area contributed by atoms with Gasteiger partial charge < -0.3 is 9.47 Å². The van der Waals surface area contributed by atoms with Crippen LogP contribution in [0, 0.1) is 0 Å². The average Bonchev–Trinajstić information content (AvgIpc) is 3.21. The monoisotopic (exact) mass is 332 g/mol. The molecule has 23 heavy (non-hydrogen) atoms. The van der Waals surface area contributed by atoms with E-state index in [9.17, 15) is 0 Å². The normalized spacial score (nSPS) is 21.8. The van der Waals surface area contributed by atoms with Crippen LogP contribution in [0.25, 0.3) is 0 Å². The third kappa shape index (κ3) is 4.61. The van der Waals surface area contributed by atoms with Crippen molar-refractivity contribution >= 4 is 11.3 Å². The van der Waals surface area contributed by atoms with Gasteiger partial charge in [0.1, 0.15) is 0 Å². The fourth-order valence-electron chi connectivity index (χ4n) is 3.18. The van der Waals surface area contributed by atoms with Gasteiger partial charge in [0.25, 0.3) is 0 Å². The molecular weight excluding hydrogens is 308 g/mol. The number of ether oxygens (including phenoxy) is 2. The van der Waals surface area contributed by atoms with Crippen LogP contribution >= 0.6 is 11.3 Å². The predicted octanol–water partition coefficient (Wildman–Crippen LogP) is 2.99. The summed E-state index contributed by atoms with van der Waals surface area (Å²) in [6.07, 6.45) is 6.13. The molecule has 3 rings (SSSR count). The molecule has 0 radical (unpaired) electrons. The molecule has 0 aromatic carbocycles. The summed E-state index contributed by atoms with van der Waals surface area (Å²) < 4.78 is 11.2. The van der Waals surface area contributed by atoms with Crippen molar-refractivity contribution in [3.8, 4) is 0 Å². The zero-order chi connectivity index (χ0) is 15.9. The van der Waals surface area contributed by atoms with E-state index in [-0.39, 0.29) is 6.10 Å². The Morgan fingerprint density at radius 1 is 1.30 bits per heavy atom. The lowest BCUT2D eigenvalue weighted by atomic mass is 10.0. The Balaban J connectivity index is 1.67. The topological polar surface area (TPSA) is 34.6 Å². The van der Waals surface area contributed by atoms with Gasteiger partial charge in [-0.15, -0.1) is 11.3 Å². The van der Waals surface area contributed by atoms with Crippen LogP contribution in [-0.4, -0.2) is 48.9 Å². The molecule has 1 aliphatic rings. The van der Waals surface area contributed by atoms with E-state index in [0.717, 1.165) is 25.9 Å². The van der Waals surface area contributed by atoms with Gasteiger partial charge >= 0.3 is 0 Å². The highest BCUT2D eigenvalue weighted by atomic mass is 32.1. The van der Waals surface area contributed by atoms with Gasteiger partial charge in [-0.3, -0.25) is 9.88 Å². The number of pyridine rings is 1. The standard InChI is InChI=1S/C18H24N2O2S/c1-21-9-10-22-18-6-8-20(14-16-5-3-11-23-16)17(18)12-15-4-2-7-19-13-15/h2-5,7,11,13,17-18H,6,8-10,12,14H2,1H3/t17-,18-/m0/s1. The van der Waals surface area contributed by atoms with Gasteiger partial charge in [-0.25, -0.2) is 0 Å².